The molecule has 30 heavy (non-hydrogen) atoms. The summed E-state index contributed by atoms with van der Waals surface area (Å²) in [6, 6.07) is 10.0. The Bertz CT molecular complexity index is 1090. The van der Waals surface area contributed by atoms with E-state index in [0.29, 0.717) is 6.54 Å². The minimum atomic E-state index is -0.769. The third kappa shape index (κ3) is 4.57. The number of hydrogen-bond acceptors (Lipinski definition) is 7. The van der Waals surface area contributed by atoms with Crippen LogP contribution < -0.4 is 10.6 Å². The molecular weight excluding hydrogens is 396 g/mol. The van der Waals surface area contributed by atoms with Gasteiger partial charge >= 0.3 is 0 Å². The maximum Gasteiger partial charge on any atom is 0.165 e. The molecule has 0 saturated heterocycles. The second kappa shape index (κ2) is 9.44. The van der Waals surface area contributed by atoms with E-state index < -0.39 is 6.23 Å². The van der Waals surface area contributed by atoms with E-state index in [9.17, 15) is 5.11 Å². The van der Waals surface area contributed by atoms with Gasteiger partial charge in [-0.2, -0.15) is 5.10 Å². The molecule has 4 heterocycles. The lowest BCUT2D eigenvalue weighted by atomic mass is 10.1. The van der Waals surface area contributed by atoms with Crippen LogP contribution in [0.1, 0.15) is 32.1 Å². The summed E-state index contributed by atoms with van der Waals surface area (Å²) >= 11 is 1.65. The molecule has 8 heteroatoms. The van der Waals surface area contributed by atoms with E-state index in [1.165, 1.54) is 0 Å². The van der Waals surface area contributed by atoms with Gasteiger partial charge in [-0.3, -0.25) is 10.3 Å². The summed E-state index contributed by atoms with van der Waals surface area (Å²) in [6.45, 7) is 5.87. The van der Waals surface area contributed by atoms with Crippen molar-refractivity contribution in [2.45, 2.75) is 32.5 Å². The number of aromatic nitrogens is 4. The van der Waals surface area contributed by atoms with E-state index >= 15 is 0 Å². The molecule has 0 aliphatic carbocycles. The Labute approximate surface area is 179 Å². The van der Waals surface area contributed by atoms with E-state index in [1.807, 2.05) is 35.8 Å². The third-order valence-corrected chi connectivity index (χ3v) is 5.77. The molecule has 0 aliphatic rings. The molecule has 0 bridgehead atoms. The van der Waals surface area contributed by atoms with Gasteiger partial charge in [0, 0.05) is 25.0 Å². The lowest BCUT2D eigenvalue weighted by molar-refractivity contribution is 0.136. The monoisotopic (exact) mass is 422 g/mol. The van der Waals surface area contributed by atoms with Gasteiger partial charge in [-0.1, -0.05) is 13.0 Å². The second-order valence-electron chi connectivity index (χ2n) is 7.26. The highest BCUT2D eigenvalue weighted by Gasteiger charge is 2.14. The second-order valence-corrected chi connectivity index (χ2v) is 8.20. The van der Waals surface area contributed by atoms with Gasteiger partial charge in [0.05, 0.1) is 28.0 Å². The highest BCUT2D eigenvalue weighted by Crippen LogP contribution is 2.27. The predicted molar refractivity (Wildman–Crippen MR) is 120 cm³/mol. The first-order valence-corrected chi connectivity index (χ1v) is 11.0. The number of aliphatic hydroxyl groups excluding tert-OH is 1. The zero-order valence-electron chi connectivity index (χ0n) is 17.1. The van der Waals surface area contributed by atoms with Crippen molar-refractivity contribution in [3.05, 3.63) is 59.9 Å². The SMILES string of the molecule is CCCN[C@@H](C)CNC(O)c1ccnc(-c2cnn3ccc(-c4cccs4)nc23)c1. The molecular formula is C22H26N6OS. The first-order valence-electron chi connectivity index (χ1n) is 10.1. The van der Waals surface area contributed by atoms with Crippen molar-refractivity contribution in [2.75, 3.05) is 13.1 Å². The van der Waals surface area contributed by atoms with Crippen LogP contribution in [-0.2, 0) is 0 Å². The van der Waals surface area contributed by atoms with Crippen molar-refractivity contribution in [2.24, 2.45) is 0 Å². The van der Waals surface area contributed by atoms with Crippen molar-refractivity contribution in [1.82, 2.24) is 30.2 Å². The van der Waals surface area contributed by atoms with Crippen molar-refractivity contribution < 1.29 is 5.11 Å². The minimum absolute atomic E-state index is 0.278. The number of fused-ring (bicyclic) bond motifs is 1. The van der Waals surface area contributed by atoms with Crippen molar-refractivity contribution in [3.8, 4) is 21.8 Å². The molecule has 1 unspecified atom stereocenters. The van der Waals surface area contributed by atoms with E-state index in [1.54, 1.807) is 28.2 Å². The van der Waals surface area contributed by atoms with Gasteiger partial charge in [0.25, 0.3) is 0 Å². The van der Waals surface area contributed by atoms with Crippen molar-refractivity contribution >= 4 is 17.0 Å². The molecule has 156 valence electrons. The number of nitrogens with zero attached hydrogens (tertiary/aromatic N) is 4. The Kier molecular flexibility index (Phi) is 6.49. The molecule has 0 spiro atoms. The molecule has 4 aromatic heterocycles. The molecule has 0 radical (unpaired) electrons. The van der Waals surface area contributed by atoms with Crippen LogP contribution >= 0.6 is 11.3 Å². The standard InChI is InChI=1S/C22H26N6OS/c1-3-8-23-15(2)13-25-22(29)16-6-9-24-19(12-16)17-14-26-28-10-7-18(27-21(17)28)20-5-4-11-30-20/h4-7,9-12,14-15,22-23,25,29H,3,8,13H2,1-2H3/t15-,22?/m0/s1. The third-order valence-electron chi connectivity index (χ3n) is 4.88. The van der Waals surface area contributed by atoms with Crippen LogP contribution in [-0.4, -0.2) is 43.8 Å². The molecule has 3 N–H and O–H groups in total. The molecule has 4 aromatic rings. The average Bonchev–Trinajstić information content (AvgIpc) is 3.45. The van der Waals surface area contributed by atoms with Gasteiger partial charge in [0.2, 0.25) is 0 Å². The highest BCUT2D eigenvalue weighted by atomic mass is 32.1. The molecule has 0 fully saturated rings. The van der Waals surface area contributed by atoms with Crippen LogP contribution in [0.2, 0.25) is 0 Å². The van der Waals surface area contributed by atoms with Gasteiger partial charge in [0.1, 0.15) is 6.23 Å². The molecule has 2 atom stereocenters. The summed E-state index contributed by atoms with van der Waals surface area (Å²) in [4.78, 5) is 10.4. The Balaban J connectivity index is 1.56. The van der Waals surface area contributed by atoms with Crippen LogP contribution in [0.5, 0.6) is 0 Å². The molecule has 0 saturated carbocycles. The summed E-state index contributed by atoms with van der Waals surface area (Å²) in [5.74, 6) is 0. The topological polar surface area (TPSA) is 87.4 Å². The van der Waals surface area contributed by atoms with Crippen LogP contribution in [0.15, 0.2) is 54.3 Å². The van der Waals surface area contributed by atoms with Gasteiger partial charge in [0.15, 0.2) is 5.65 Å². The zero-order chi connectivity index (χ0) is 20.9. The number of aliphatic hydroxyl groups is 1. The van der Waals surface area contributed by atoms with Crippen LogP contribution in [0.3, 0.4) is 0 Å². The summed E-state index contributed by atoms with van der Waals surface area (Å²) in [5, 5.41) is 23.6. The van der Waals surface area contributed by atoms with E-state index in [2.05, 4.69) is 40.6 Å². The fourth-order valence-electron chi connectivity index (χ4n) is 3.24. The Hall–Kier alpha value is -2.65. The largest absolute Gasteiger partial charge is 0.374 e. The summed E-state index contributed by atoms with van der Waals surface area (Å²) in [5.41, 5.74) is 3.98. The van der Waals surface area contributed by atoms with E-state index in [-0.39, 0.29) is 6.04 Å². The summed E-state index contributed by atoms with van der Waals surface area (Å²) < 4.78 is 1.75. The molecule has 7 nitrogen and oxygen atoms in total. The zero-order valence-corrected chi connectivity index (χ0v) is 17.9. The van der Waals surface area contributed by atoms with Crippen molar-refractivity contribution in [3.63, 3.8) is 0 Å². The fraction of sp³-hybridized carbons (Fsp3) is 0.318. The smallest absolute Gasteiger partial charge is 0.165 e. The first-order chi connectivity index (χ1) is 14.7. The normalized spacial score (nSPS) is 13.6. The Morgan fingerprint density at radius 3 is 2.90 bits per heavy atom. The number of pyridine rings is 1. The predicted octanol–water partition coefficient (Wildman–Crippen LogP) is 3.49. The Morgan fingerprint density at radius 1 is 1.20 bits per heavy atom. The maximum absolute atomic E-state index is 10.6. The van der Waals surface area contributed by atoms with Crippen LogP contribution in [0.25, 0.3) is 27.5 Å². The van der Waals surface area contributed by atoms with Gasteiger partial charge < -0.3 is 10.4 Å². The quantitative estimate of drug-likeness (QED) is 0.358. The van der Waals surface area contributed by atoms with Gasteiger partial charge in [-0.15, -0.1) is 11.3 Å². The number of nitrogens with one attached hydrogen (secondary N) is 2. The minimum Gasteiger partial charge on any atom is -0.374 e. The molecule has 0 amide bonds. The molecule has 0 aliphatic heterocycles. The average molecular weight is 423 g/mol. The number of thiophene rings is 1. The van der Waals surface area contributed by atoms with Gasteiger partial charge in [-0.05, 0) is 55.1 Å². The molecule has 4 rings (SSSR count). The van der Waals surface area contributed by atoms with Crippen LogP contribution in [0, 0.1) is 0 Å². The van der Waals surface area contributed by atoms with E-state index in [0.717, 1.165) is 46.0 Å². The van der Waals surface area contributed by atoms with Gasteiger partial charge in [-0.25, -0.2) is 9.50 Å². The summed E-state index contributed by atoms with van der Waals surface area (Å²) in [7, 11) is 0. The lowest BCUT2D eigenvalue weighted by Crippen LogP contribution is -2.38. The lowest BCUT2D eigenvalue weighted by Gasteiger charge is -2.18. The molecule has 0 aromatic carbocycles. The fourth-order valence-corrected chi connectivity index (χ4v) is 3.94. The maximum atomic E-state index is 10.6. The number of rotatable bonds is 9. The highest BCUT2D eigenvalue weighted by molar-refractivity contribution is 7.13. The summed E-state index contributed by atoms with van der Waals surface area (Å²) in [6.07, 6.45) is 5.70. The first kappa shape index (κ1) is 20.6. The van der Waals surface area contributed by atoms with E-state index in [4.69, 9.17) is 4.98 Å². The van der Waals surface area contributed by atoms with Crippen LogP contribution in [0.4, 0.5) is 0 Å². The van der Waals surface area contributed by atoms with Crippen molar-refractivity contribution in [1.29, 1.82) is 0 Å². The number of hydrogen-bond donors (Lipinski definition) is 3. The Morgan fingerprint density at radius 2 is 2.10 bits per heavy atom.